The van der Waals surface area contributed by atoms with Crippen molar-refractivity contribution in [1.29, 1.82) is 0 Å². The molecule has 2 heterocycles. The van der Waals surface area contributed by atoms with E-state index in [0.29, 0.717) is 11.1 Å². The van der Waals surface area contributed by atoms with Gasteiger partial charge in [-0.05, 0) is 44.4 Å². The summed E-state index contributed by atoms with van der Waals surface area (Å²) in [6.45, 7) is 5.07. The monoisotopic (exact) mass is 458 g/mol. The molecule has 0 atom stereocenters. The number of amides is 1. The van der Waals surface area contributed by atoms with Gasteiger partial charge in [-0.25, -0.2) is 18.6 Å². The van der Waals surface area contributed by atoms with Crippen LogP contribution in [0.25, 0.3) is 0 Å². The zero-order valence-corrected chi connectivity index (χ0v) is 17.8. The Morgan fingerprint density at radius 2 is 1.81 bits per heavy atom. The Kier molecular flexibility index (Phi) is 6.61. The fourth-order valence-electron chi connectivity index (χ4n) is 3.15. The number of hydrogen-bond donors (Lipinski definition) is 0. The van der Waals surface area contributed by atoms with E-state index in [1.807, 2.05) is 0 Å². The van der Waals surface area contributed by atoms with Crippen molar-refractivity contribution < 1.29 is 36.2 Å². The lowest BCUT2D eigenvalue weighted by Gasteiger charge is -2.31. The van der Waals surface area contributed by atoms with Gasteiger partial charge >= 0.3 is 12.3 Å². The highest BCUT2D eigenvalue weighted by atomic mass is 19.4. The lowest BCUT2D eigenvalue weighted by molar-refractivity contribution is -0.139. The Bertz CT molecular complexity index is 969. The van der Waals surface area contributed by atoms with Crippen LogP contribution in [0.3, 0.4) is 0 Å². The maximum Gasteiger partial charge on any atom is 0.421 e. The van der Waals surface area contributed by atoms with E-state index in [4.69, 9.17) is 9.47 Å². The molecule has 0 saturated heterocycles. The van der Waals surface area contributed by atoms with Gasteiger partial charge in [0.1, 0.15) is 17.8 Å². The number of carbonyl (C=O) groups excluding carboxylic acids is 1. The zero-order valence-electron chi connectivity index (χ0n) is 17.8. The average molecular weight is 458 g/mol. The highest BCUT2D eigenvalue weighted by Crippen LogP contribution is 2.38. The molecule has 0 fully saturated rings. The topological polar surface area (TPSA) is 51.7 Å². The van der Waals surface area contributed by atoms with E-state index >= 15 is 0 Å². The number of nitrogens with zero attached hydrogens (tertiary/aromatic N) is 2. The number of fused-ring (bicyclic) bond motifs is 1. The van der Waals surface area contributed by atoms with Crippen LogP contribution in [0.15, 0.2) is 30.3 Å². The van der Waals surface area contributed by atoms with E-state index in [1.54, 1.807) is 20.8 Å². The first-order valence-corrected chi connectivity index (χ1v) is 9.91. The summed E-state index contributed by atoms with van der Waals surface area (Å²) in [6, 6.07) is 6.08. The van der Waals surface area contributed by atoms with E-state index in [0.717, 1.165) is 6.07 Å². The highest BCUT2D eigenvalue weighted by Gasteiger charge is 2.38. The van der Waals surface area contributed by atoms with Crippen molar-refractivity contribution in [1.82, 2.24) is 9.88 Å². The second kappa shape index (κ2) is 8.91. The third kappa shape index (κ3) is 5.86. The van der Waals surface area contributed by atoms with E-state index in [2.05, 4.69) is 4.98 Å². The van der Waals surface area contributed by atoms with Gasteiger partial charge < -0.3 is 14.4 Å². The predicted octanol–water partition coefficient (Wildman–Crippen LogP) is 5.91. The molecule has 0 spiro atoms. The second-order valence-electron chi connectivity index (χ2n) is 8.43. The van der Waals surface area contributed by atoms with Crippen LogP contribution in [-0.2, 0) is 30.5 Å². The van der Waals surface area contributed by atoms with Crippen LogP contribution < -0.4 is 4.74 Å². The summed E-state index contributed by atoms with van der Waals surface area (Å²) in [5.74, 6) is -0.625. The first-order valence-electron chi connectivity index (χ1n) is 9.91. The molecule has 2 aromatic rings. The molecular formula is C22H23F5N2O3. The van der Waals surface area contributed by atoms with Crippen LogP contribution in [0.5, 0.6) is 5.88 Å². The smallest absolute Gasteiger partial charge is 0.421 e. The molecule has 1 aromatic heterocycles. The molecule has 1 amide bonds. The molecule has 0 aliphatic carbocycles. The highest BCUT2D eigenvalue weighted by molar-refractivity contribution is 5.68. The van der Waals surface area contributed by atoms with Crippen LogP contribution in [0, 0.1) is 0 Å². The predicted molar refractivity (Wildman–Crippen MR) is 105 cm³/mol. The second-order valence-corrected chi connectivity index (χ2v) is 8.43. The maximum atomic E-state index is 13.6. The molecule has 3 rings (SSSR count). The van der Waals surface area contributed by atoms with Gasteiger partial charge in [0, 0.05) is 12.1 Å². The van der Waals surface area contributed by atoms with Gasteiger partial charge in [-0.2, -0.15) is 13.2 Å². The van der Waals surface area contributed by atoms with Gasteiger partial charge in [0.2, 0.25) is 5.88 Å². The Balaban J connectivity index is 1.82. The van der Waals surface area contributed by atoms with Crippen molar-refractivity contribution in [3.8, 4) is 5.88 Å². The molecule has 0 saturated carbocycles. The summed E-state index contributed by atoms with van der Waals surface area (Å²) in [4.78, 5) is 17.8. The molecule has 10 heteroatoms. The standard InChI is InChI=1S/C22H23F5N2O3/c1-21(2,3)32-20(30)29-9-8-15-10-16(22(25,26)27)19(28-17(15)11-29)31-12-13-4-6-14(7-5-13)18(23)24/h4-7,10,18H,8-9,11-12H2,1-3H3. The molecule has 0 unspecified atom stereocenters. The average Bonchev–Trinajstić information content (AvgIpc) is 2.69. The van der Waals surface area contributed by atoms with Gasteiger partial charge in [0.25, 0.3) is 6.43 Å². The zero-order chi connectivity index (χ0) is 23.7. The van der Waals surface area contributed by atoms with E-state index in [1.165, 1.54) is 29.2 Å². The number of benzene rings is 1. The summed E-state index contributed by atoms with van der Waals surface area (Å²) < 4.78 is 76.8. The van der Waals surface area contributed by atoms with E-state index in [-0.39, 0.29) is 37.4 Å². The van der Waals surface area contributed by atoms with Crippen molar-refractivity contribution >= 4 is 6.09 Å². The SMILES string of the molecule is CC(C)(C)OC(=O)N1CCc2cc(C(F)(F)F)c(OCc3ccc(C(F)F)cc3)nc2C1. The summed E-state index contributed by atoms with van der Waals surface area (Å²) >= 11 is 0. The van der Waals surface area contributed by atoms with Crippen LogP contribution in [-0.4, -0.2) is 28.1 Å². The number of carbonyl (C=O) groups is 1. The van der Waals surface area contributed by atoms with Crippen molar-refractivity contribution in [3.05, 3.63) is 58.3 Å². The molecule has 0 bridgehead atoms. The Morgan fingerprint density at radius 1 is 1.16 bits per heavy atom. The van der Waals surface area contributed by atoms with Gasteiger partial charge in [0.15, 0.2) is 0 Å². The summed E-state index contributed by atoms with van der Waals surface area (Å²) in [7, 11) is 0. The quantitative estimate of drug-likeness (QED) is 0.535. The minimum Gasteiger partial charge on any atom is -0.472 e. The molecule has 32 heavy (non-hydrogen) atoms. The normalized spacial score (nSPS) is 14.3. The fourth-order valence-corrected chi connectivity index (χ4v) is 3.15. The van der Waals surface area contributed by atoms with E-state index < -0.39 is 35.7 Å². The van der Waals surface area contributed by atoms with Crippen LogP contribution in [0.2, 0.25) is 0 Å². The van der Waals surface area contributed by atoms with Crippen molar-refractivity contribution in [2.24, 2.45) is 0 Å². The minimum atomic E-state index is -4.70. The number of ether oxygens (including phenoxy) is 2. The molecule has 0 radical (unpaired) electrons. The molecular weight excluding hydrogens is 435 g/mol. The lowest BCUT2D eigenvalue weighted by Crippen LogP contribution is -2.40. The number of alkyl halides is 5. The lowest BCUT2D eigenvalue weighted by atomic mass is 10.0. The third-order valence-electron chi connectivity index (χ3n) is 4.71. The number of hydrogen-bond acceptors (Lipinski definition) is 4. The van der Waals surface area contributed by atoms with Crippen molar-refractivity contribution in [2.75, 3.05) is 6.54 Å². The van der Waals surface area contributed by atoms with Crippen molar-refractivity contribution in [3.63, 3.8) is 0 Å². The summed E-state index contributed by atoms with van der Waals surface area (Å²) in [6.07, 6.45) is -7.72. The van der Waals surface area contributed by atoms with E-state index in [9.17, 15) is 26.7 Å². The fraction of sp³-hybridized carbons (Fsp3) is 0.455. The molecule has 174 valence electrons. The Labute approximate surface area is 182 Å². The van der Waals surface area contributed by atoms with Crippen LogP contribution in [0.4, 0.5) is 26.7 Å². The molecule has 1 aliphatic heterocycles. The number of aromatic nitrogens is 1. The van der Waals surface area contributed by atoms with Crippen LogP contribution in [0.1, 0.15) is 55.1 Å². The summed E-state index contributed by atoms with van der Waals surface area (Å²) in [5.41, 5.74) is -0.842. The Morgan fingerprint density at radius 3 is 2.38 bits per heavy atom. The third-order valence-corrected chi connectivity index (χ3v) is 4.71. The maximum absolute atomic E-state index is 13.6. The number of rotatable bonds is 4. The largest absolute Gasteiger partial charge is 0.472 e. The number of pyridine rings is 1. The minimum absolute atomic E-state index is 0.0121. The first-order chi connectivity index (χ1) is 14.8. The van der Waals surface area contributed by atoms with Gasteiger partial charge in [-0.15, -0.1) is 0 Å². The van der Waals surface area contributed by atoms with Crippen LogP contribution >= 0.6 is 0 Å². The van der Waals surface area contributed by atoms with Gasteiger partial charge in [-0.3, -0.25) is 0 Å². The molecule has 1 aromatic carbocycles. The van der Waals surface area contributed by atoms with Gasteiger partial charge in [-0.1, -0.05) is 24.3 Å². The Hall–Kier alpha value is -2.91. The molecule has 0 N–H and O–H groups in total. The first kappa shape index (κ1) is 23.7. The number of halogens is 5. The van der Waals surface area contributed by atoms with Gasteiger partial charge in [0.05, 0.1) is 12.2 Å². The summed E-state index contributed by atoms with van der Waals surface area (Å²) in [5, 5.41) is 0. The molecule has 5 nitrogen and oxygen atoms in total. The van der Waals surface area contributed by atoms with Crippen molar-refractivity contribution in [2.45, 2.75) is 58.5 Å². The molecule has 1 aliphatic rings.